The van der Waals surface area contributed by atoms with Crippen molar-refractivity contribution in [2.24, 2.45) is 0 Å². The van der Waals surface area contributed by atoms with Gasteiger partial charge in [-0.05, 0) is 30.4 Å². The van der Waals surface area contributed by atoms with Crippen LogP contribution in [0.25, 0.3) is 0 Å². The van der Waals surface area contributed by atoms with Crippen molar-refractivity contribution in [2.75, 3.05) is 13.7 Å². The van der Waals surface area contributed by atoms with Crippen LogP contribution in [0.15, 0.2) is 24.3 Å². The zero-order chi connectivity index (χ0) is 15.2. The lowest BCUT2D eigenvalue weighted by atomic mass is 9.88. The molecular formula is C15H20N2O4. The van der Waals surface area contributed by atoms with E-state index in [-0.39, 0.29) is 18.6 Å². The molecule has 2 unspecified atom stereocenters. The van der Waals surface area contributed by atoms with Crippen LogP contribution in [0.3, 0.4) is 0 Å². The van der Waals surface area contributed by atoms with Gasteiger partial charge in [-0.1, -0.05) is 24.3 Å². The van der Waals surface area contributed by atoms with Gasteiger partial charge in [-0.3, -0.25) is 0 Å². The predicted molar refractivity (Wildman–Crippen MR) is 77.1 cm³/mol. The van der Waals surface area contributed by atoms with E-state index in [1.54, 1.807) is 0 Å². The molecule has 0 aromatic heterocycles. The summed E-state index contributed by atoms with van der Waals surface area (Å²) in [6.45, 7) is -0.0635. The molecule has 1 aromatic rings. The molecular weight excluding hydrogens is 272 g/mol. The first kappa shape index (κ1) is 15.3. The molecule has 1 aliphatic carbocycles. The minimum absolute atomic E-state index is 0.0271. The molecule has 0 saturated heterocycles. The number of hydrogen-bond donors (Lipinski definition) is 3. The van der Waals surface area contributed by atoms with Gasteiger partial charge in [-0.15, -0.1) is 0 Å². The molecule has 2 amide bonds. The molecule has 0 bridgehead atoms. The molecule has 3 N–H and O–H groups in total. The summed E-state index contributed by atoms with van der Waals surface area (Å²) in [4.78, 5) is 22.7. The Morgan fingerprint density at radius 1 is 1.43 bits per heavy atom. The van der Waals surface area contributed by atoms with Gasteiger partial charge < -0.3 is 20.5 Å². The maximum atomic E-state index is 11.9. The predicted octanol–water partition coefficient (Wildman–Crippen LogP) is 1.46. The topological polar surface area (TPSA) is 87.7 Å². The zero-order valence-electron chi connectivity index (χ0n) is 12.0. The number of rotatable bonds is 5. The molecule has 0 fully saturated rings. The summed E-state index contributed by atoms with van der Waals surface area (Å²) in [6.07, 6.45) is 1.91. The van der Waals surface area contributed by atoms with Crippen LogP contribution in [-0.2, 0) is 16.0 Å². The Morgan fingerprint density at radius 3 is 2.90 bits per heavy atom. The number of hydrogen-bond acceptors (Lipinski definition) is 3. The molecule has 1 aromatic carbocycles. The SMILES string of the molecule is COC(CNC(=O)NC1CCCc2ccccc21)C(=O)O. The van der Waals surface area contributed by atoms with E-state index >= 15 is 0 Å². The molecule has 0 spiro atoms. The number of amides is 2. The number of aryl methyl sites for hydroxylation is 1. The molecule has 21 heavy (non-hydrogen) atoms. The van der Waals surface area contributed by atoms with E-state index in [9.17, 15) is 9.59 Å². The number of fused-ring (bicyclic) bond motifs is 1. The summed E-state index contributed by atoms with van der Waals surface area (Å²) < 4.78 is 4.77. The lowest BCUT2D eigenvalue weighted by molar-refractivity contribution is -0.147. The number of nitrogens with one attached hydrogen (secondary N) is 2. The van der Waals surface area contributed by atoms with Crippen LogP contribution < -0.4 is 10.6 Å². The lowest BCUT2D eigenvalue weighted by Crippen LogP contribution is -2.44. The number of benzene rings is 1. The zero-order valence-corrected chi connectivity index (χ0v) is 12.0. The smallest absolute Gasteiger partial charge is 0.334 e. The van der Waals surface area contributed by atoms with Crippen LogP contribution in [0.2, 0.25) is 0 Å². The molecule has 2 rings (SSSR count). The van der Waals surface area contributed by atoms with Gasteiger partial charge in [-0.25, -0.2) is 9.59 Å². The highest BCUT2D eigenvalue weighted by Crippen LogP contribution is 2.29. The van der Waals surface area contributed by atoms with Gasteiger partial charge in [-0.2, -0.15) is 0 Å². The maximum Gasteiger partial charge on any atom is 0.334 e. The largest absolute Gasteiger partial charge is 0.479 e. The molecule has 0 saturated carbocycles. The summed E-state index contributed by atoms with van der Waals surface area (Å²) in [6, 6.07) is 7.65. The van der Waals surface area contributed by atoms with Crippen LogP contribution in [-0.4, -0.2) is 36.9 Å². The second kappa shape index (κ2) is 7.08. The lowest BCUT2D eigenvalue weighted by Gasteiger charge is -2.26. The molecule has 2 atom stereocenters. The van der Waals surface area contributed by atoms with Crippen molar-refractivity contribution in [3.63, 3.8) is 0 Å². The van der Waals surface area contributed by atoms with Crippen molar-refractivity contribution in [2.45, 2.75) is 31.4 Å². The van der Waals surface area contributed by atoms with E-state index in [1.807, 2.05) is 18.2 Å². The highest BCUT2D eigenvalue weighted by molar-refractivity contribution is 5.77. The van der Waals surface area contributed by atoms with Gasteiger partial charge in [0.15, 0.2) is 6.10 Å². The molecule has 6 heteroatoms. The quantitative estimate of drug-likeness (QED) is 0.766. The standard InChI is InChI=1S/C15H20N2O4/c1-21-13(14(18)19)9-16-15(20)17-12-8-4-6-10-5-2-3-7-11(10)12/h2-3,5,7,12-13H,4,6,8-9H2,1H3,(H,18,19)(H2,16,17,20). The second-order valence-corrected chi connectivity index (χ2v) is 5.06. The van der Waals surface area contributed by atoms with Gasteiger partial charge in [0.05, 0.1) is 12.6 Å². The Balaban J connectivity index is 1.90. The number of methoxy groups -OCH3 is 1. The van der Waals surface area contributed by atoms with Gasteiger partial charge in [0.1, 0.15) is 0 Å². The Hall–Kier alpha value is -2.08. The van der Waals surface area contributed by atoms with Crippen molar-refractivity contribution in [3.8, 4) is 0 Å². The van der Waals surface area contributed by atoms with E-state index in [4.69, 9.17) is 9.84 Å². The van der Waals surface area contributed by atoms with Crippen molar-refractivity contribution in [3.05, 3.63) is 35.4 Å². The molecule has 114 valence electrons. The van der Waals surface area contributed by atoms with E-state index in [2.05, 4.69) is 16.7 Å². The highest BCUT2D eigenvalue weighted by Gasteiger charge is 2.22. The summed E-state index contributed by atoms with van der Waals surface area (Å²) in [5, 5.41) is 14.3. The Kier molecular flexibility index (Phi) is 5.16. The van der Waals surface area contributed by atoms with Crippen LogP contribution in [0.1, 0.15) is 30.0 Å². The van der Waals surface area contributed by atoms with E-state index in [1.165, 1.54) is 12.7 Å². The number of carbonyl (C=O) groups is 2. The third kappa shape index (κ3) is 3.95. The van der Waals surface area contributed by atoms with Crippen molar-refractivity contribution in [1.82, 2.24) is 10.6 Å². The van der Waals surface area contributed by atoms with E-state index < -0.39 is 12.1 Å². The molecule has 0 heterocycles. The Morgan fingerprint density at radius 2 is 2.19 bits per heavy atom. The average molecular weight is 292 g/mol. The average Bonchev–Trinajstić information content (AvgIpc) is 2.48. The first-order chi connectivity index (χ1) is 10.1. The van der Waals surface area contributed by atoms with Gasteiger partial charge >= 0.3 is 12.0 Å². The van der Waals surface area contributed by atoms with Crippen molar-refractivity contribution in [1.29, 1.82) is 0 Å². The number of carbonyl (C=O) groups excluding carboxylic acids is 1. The van der Waals surface area contributed by atoms with Crippen LogP contribution >= 0.6 is 0 Å². The molecule has 0 radical (unpaired) electrons. The summed E-state index contributed by atoms with van der Waals surface area (Å²) >= 11 is 0. The number of aliphatic carboxylic acids is 1. The van der Waals surface area contributed by atoms with Crippen LogP contribution in [0, 0.1) is 0 Å². The number of urea groups is 1. The van der Waals surface area contributed by atoms with E-state index in [0.29, 0.717) is 0 Å². The maximum absolute atomic E-state index is 11.9. The fraction of sp³-hybridized carbons (Fsp3) is 0.467. The first-order valence-electron chi connectivity index (χ1n) is 6.99. The Bertz CT molecular complexity index is 518. The fourth-order valence-electron chi connectivity index (χ4n) is 2.57. The van der Waals surface area contributed by atoms with Crippen molar-refractivity contribution >= 4 is 12.0 Å². The van der Waals surface area contributed by atoms with Gasteiger partial charge in [0.2, 0.25) is 0 Å². The highest BCUT2D eigenvalue weighted by atomic mass is 16.5. The minimum atomic E-state index is -1.10. The summed E-state index contributed by atoms with van der Waals surface area (Å²) in [5.41, 5.74) is 2.40. The number of ether oxygens (including phenoxy) is 1. The number of carboxylic acid groups (broad SMARTS) is 1. The third-order valence-corrected chi connectivity index (χ3v) is 3.68. The van der Waals surface area contributed by atoms with Crippen LogP contribution in [0.5, 0.6) is 0 Å². The molecule has 6 nitrogen and oxygen atoms in total. The van der Waals surface area contributed by atoms with E-state index in [0.717, 1.165) is 24.8 Å². The molecule has 0 aliphatic heterocycles. The fourth-order valence-corrected chi connectivity index (χ4v) is 2.57. The van der Waals surface area contributed by atoms with Gasteiger partial charge in [0.25, 0.3) is 0 Å². The monoisotopic (exact) mass is 292 g/mol. The third-order valence-electron chi connectivity index (χ3n) is 3.68. The normalized spacial score (nSPS) is 18.4. The molecule has 1 aliphatic rings. The second-order valence-electron chi connectivity index (χ2n) is 5.06. The van der Waals surface area contributed by atoms with Gasteiger partial charge in [0, 0.05) is 7.11 Å². The van der Waals surface area contributed by atoms with Crippen molar-refractivity contribution < 1.29 is 19.4 Å². The Labute approximate surface area is 123 Å². The number of carboxylic acids is 1. The minimum Gasteiger partial charge on any atom is -0.479 e. The van der Waals surface area contributed by atoms with Crippen LogP contribution in [0.4, 0.5) is 4.79 Å². The summed E-state index contributed by atoms with van der Waals surface area (Å²) in [7, 11) is 1.30. The summed E-state index contributed by atoms with van der Waals surface area (Å²) in [5.74, 6) is -1.10. The first-order valence-corrected chi connectivity index (χ1v) is 6.99.